The number of aliphatic hydroxyl groups is 1. The van der Waals surface area contributed by atoms with Gasteiger partial charge >= 0.3 is 0 Å². The van der Waals surface area contributed by atoms with Gasteiger partial charge < -0.3 is 20.1 Å². The van der Waals surface area contributed by atoms with Crippen LogP contribution in [0.1, 0.15) is 62.4 Å². The number of piperazine rings is 1. The molecule has 0 radical (unpaired) electrons. The van der Waals surface area contributed by atoms with Crippen LogP contribution in [0.2, 0.25) is 0 Å². The van der Waals surface area contributed by atoms with Crippen molar-refractivity contribution in [3.63, 3.8) is 0 Å². The van der Waals surface area contributed by atoms with Crippen LogP contribution in [0.25, 0.3) is 0 Å². The van der Waals surface area contributed by atoms with Crippen molar-refractivity contribution < 1.29 is 14.6 Å². The smallest absolute Gasteiger partial charge is 0.270 e. The van der Waals surface area contributed by atoms with Crippen molar-refractivity contribution in [2.75, 3.05) is 37.7 Å². The van der Waals surface area contributed by atoms with E-state index >= 15 is 0 Å². The number of ether oxygens (including phenoxy) is 1. The summed E-state index contributed by atoms with van der Waals surface area (Å²) >= 11 is 0. The van der Waals surface area contributed by atoms with Crippen molar-refractivity contribution in [1.82, 2.24) is 15.2 Å². The Kier molecular flexibility index (Phi) is 5.62. The zero-order valence-corrected chi connectivity index (χ0v) is 19.8. The first kappa shape index (κ1) is 21.8. The van der Waals surface area contributed by atoms with Crippen LogP contribution in [-0.2, 0) is 4.74 Å². The Hall–Kier alpha value is -1.70. The average Bonchev–Trinajstić information content (AvgIpc) is 2.81. The number of nitrogens with zero attached hydrogens (tertiary/aromatic N) is 3. The molecular formula is C26H38N4O3. The van der Waals surface area contributed by atoms with E-state index in [0.29, 0.717) is 35.5 Å². The van der Waals surface area contributed by atoms with E-state index in [1.165, 1.54) is 0 Å². The van der Waals surface area contributed by atoms with E-state index in [-0.39, 0.29) is 11.9 Å². The number of nitrogens with one attached hydrogen (secondary N) is 1. The van der Waals surface area contributed by atoms with Crippen LogP contribution in [0.5, 0.6) is 0 Å². The van der Waals surface area contributed by atoms with Gasteiger partial charge in [0, 0.05) is 51.0 Å². The standard InChI is InChI=1S/C26H38N4O3/c1-17-16-29(21-5-9-33-10-6-21)7-8-30(17)23-4-2-3-22(27-23)25(31)28-24-19-11-18-12-20(24)15-26(32,13-18)14-19/h2-4,17-21,24,32H,5-16H2,1H3,(H,28,31)/t17-,18?,19?,20?,24?,26?/m1/s1. The quantitative estimate of drug-likeness (QED) is 0.728. The van der Waals surface area contributed by atoms with Gasteiger partial charge in [-0.25, -0.2) is 4.98 Å². The predicted molar refractivity (Wildman–Crippen MR) is 126 cm³/mol. The Morgan fingerprint density at radius 3 is 2.61 bits per heavy atom. The molecule has 7 nitrogen and oxygen atoms in total. The molecule has 2 N–H and O–H groups in total. The number of hydrogen-bond donors (Lipinski definition) is 2. The third-order valence-electron chi connectivity index (χ3n) is 9.17. The molecule has 0 aromatic carbocycles. The third kappa shape index (κ3) is 4.17. The van der Waals surface area contributed by atoms with E-state index in [0.717, 1.165) is 83.6 Å². The molecule has 180 valence electrons. The van der Waals surface area contributed by atoms with Gasteiger partial charge in [-0.3, -0.25) is 9.69 Å². The number of carbonyl (C=O) groups excluding carboxylic acids is 1. The molecule has 6 aliphatic rings. The van der Waals surface area contributed by atoms with E-state index < -0.39 is 5.60 Å². The molecule has 4 saturated carbocycles. The zero-order chi connectivity index (χ0) is 22.6. The van der Waals surface area contributed by atoms with Gasteiger partial charge in [-0.15, -0.1) is 0 Å². The van der Waals surface area contributed by atoms with Crippen LogP contribution in [-0.4, -0.2) is 77.5 Å². The molecule has 1 aromatic rings. The highest BCUT2D eigenvalue weighted by Crippen LogP contribution is 2.55. The maximum Gasteiger partial charge on any atom is 0.270 e. The topological polar surface area (TPSA) is 77.9 Å². The van der Waals surface area contributed by atoms with Gasteiger partial charge in [0.25, 0.3) is 5.91 Å². The zero-order valence-electron chi connectivity index (χ0n) is 19.8. The van der Waals surface area contributed by atoms with Gasteiger partial charge in [0.15, 0.2) is 0 Å². The van der Waals surface area contributed by atoms with Gasteiger partial charge in [-0.1, -0.05) is 6.07 Å². The highest BCUT2D eigenvalue weighted by atomic mass is 16.5. The minimum atomic E-state index is -0.473. The van der Waals surface area contributed by atoms with Gasteiger partial charge in [0.05, 0.1) is 5.60 Å². The second kappa shape index (κ2) is 8.51. The van der Waals surface area contributed by atoms with Crippen molar-refractivity contribution in [3.8, 4) is 0 Å². The third-order valence-corrected chi connectivity index (χ3v) is 9.17. The SMILES string of the molecule is C[C@@H]1CN(C2CCOCC2)CCN1c1cccc(C(=O)NC2C3CC4CC2CC(O)(C4)C3)n1. The van der Waals surface area contributed by atoms with Crippen LogP contribution in [0, 0.1) is 17.8 Å². The summed E-state index contributed by atoms with van der Waals surface area (Å²) in [6.45, 7) is 7.00. The maximum atomic E-state index is 13.2. The van der Waals surface area contributed by atoms with E-state index in [1.807, 2.05) is 18.2 Å². The molecule has 33 heavy (non-hydrogen) atoms. The van der Waals surface area contributed by atoms with Crippen molar-refractivity contribution >= 4 is 11.7 Å². The fourth-order valence-electron chi connectivity index (χ4n) is 7.86. The molecule has 2 aliphatic heterocycles. The second-order valence-electron chi connectivity index (χ2n) is 11.5. The lowest BCUT2D eigenvalue weighted by Crippen LogP contribution is -2.61. The molecule has 6 fully saturated rings. The Labute approximate surface area is 196 Å². The highest BCUT2D eigenvalue weighted by Gasteiger charge is 2.55. The molecule has 4 aliphatic carbocycles. The molecule has 3 heterocycles. The van der Waals surface area contributed by atoms with E-state index in [4.69, 9.17) is 9.72 Å². The number of hydrogen-bond acceptors (Lipinski definition) is 6. The summed E-state index contributed by atoms with van der Waals surface area (Å²) in [7, 11) is 0. The summed E-state index contributed by atoms with van der Waals surface area (Å²) in [5, 5.41) is 14.2. The van der Waals surface area contributed by atoms with Crippen molar-refractivity contribution in [3.05, 3.63) is 23.9 Å². The number of anilines is 1. The molecule has 7 heteroatoms. The number of aromatic nitrogens is 1. The van der Waals surface area contributed by atoms with Crippen LogP contribution in [0.3, 0.4) is 0 Å². The summed E-state index contributed by atoms with van der Waals surface area (Å²) in [6.07, 6.45) is 7.19. The predicted octanol–water partition coefficient (Wildman–Crippen LogP) is 2.44. The van der Waals surface area contributed by atoms with E-state index in [2.05, 4.69) is 22.0 Å². The summed E-state index contributed by atoms with van der Waals surface area (Å²) in [6, 6.07) is 7.02. The molecule has 4 bridgehead atoms. The van der Waals surface area contributed by atoms with Gasteiger partial charge in [-0.2, -0.15) is 0 Å². The minimum Gasteiger partial charge on any atom is -0.390 e. The second-order valence-corrected chi connectivity index (χ2v) is 11.5. The van der Waals surface area contributed by atoms with Gasteiger partial charge in [0.1, 0.15) is 11.5 Å². The Bertz CT molecular complexity index is 872. The van der Waals surface area contributed by atoms with E-state index in [9.17, 15) is 9.90 Å². The fraction of sp³-hybridized carbons (Fsp3) is 0.769. The summed E-state index contributed by atoms with van der Waals surface area (Å²) < 4.78 is 5.54. The molecule has 2 unspecified atom stereocenters. The maximum absolute atomic E-state index is 13.2. The van der Waals surface area contributed by atoms with Crippen LogP contribution >= 0.6 is 0 Å². The largest absolute Gasteiger partial charge is 0.390 e. The van der Waals surface area contributed by atoms with Crippen molar-refractivity contribution in [2.45, 2.75) is 75.6 Å². The molecular weight excluding hydrogens is 416 g/mol. The Balaban J connectivity index is 1.11. The average molecular weight is 455 g/mol. The molecule has 1 amide bonds. The van der Waals surface area contributed by atoms with Crippen LogP contribution < -0.4 is 10.2 Å². The van der Waals surface area contributed by atoms with Crippen LogP contribution in [0.4, 0.5) is 5.82 Å². The number of rotatable bonds is 4. The summed E-state index contributed by atoms with van der Waals surface area (Å²) in [5.41, 5.74) is 0.0396. The Morgan fingerprint density at radius 2 is 1.91 bits per heavy atom. The monoisotopic (exact) mass is 454 g/mol. The lowest BCUT2D eigenvalue weighted by atomic mass is 9.52. The number of amides is 1. The number of pyridine rings is 1. The summed E-state index contributed by atoms with van der Waals surface area (Å²) in [4.78, 5) is 23.0. The first-order chi connectivity index (χ1) is 16.0. The van der Waals surface area contributed by atoms with Crippen molar-refractivity contribution in [2.24, 2.45) is 17.8 Å². The minimum absolute atomic E-state index is 0.0604. The lowest BCUT2D eigenvalue weighted by molar-refractivity contribution is -0.136. The van der Waals surface area contributed by atoms with Crippen molar-refractivity contribution in [1.29, 1.82) is 0 Å². The molecule has 2 saturated heterocycles. The molecule has 7 rings (SSSR count). The lowest BCUT2D eigenvalue weighted by Gasteiger charge is -2.58. The normalized spacial score (nSPS) is 39.1. The van der Waals surface area contributed by atoms with Crippen LogP contribution in [0.15, 0.2) is 18.2 Å². The molecule has 0 spiro atoms. The van der Waals surface area contributed by atoms with Gasteiger partial charge in [0.2, 0.25) is 0 Å². The number of carbonyl (C=O) groups is 1. The van der Waals surface area contributed by atoms with Gasteiger partial charge in [-0.05, 0) is 81.8 Å². The molecule has 3 atom stereocenters. The molecule has 1 aromatic heterocycles. The first-order valence-electron chi connectivity index (χ1n) is 13.1. The first-order valence-corrected chi connectivity index (χ1v) is 13.1. The summed E-state index contributed by atoms with van der Waals surface area (Å²) in [5.74, 6) is 2.30. The highest BCUT2D eigenvalue weighted by molar-refractivity contribution is 5.93. The van der Waals surface area contributed by atoms with E-state index in [1.54, 1.807) is 0 Å². The fourth-order valence-corrected chi connectivity index (χ4v) is 7.86. The Morgan fingerprint density at radius 1 is 1.15 bits per heavy atom.